The molecule has 7 heteroatoms. The SMILES string of the molecule is CCN(CC)C(CNC(=NC)NCc1ccccc1CN1CCCC1=O)c1ccccc1.I. The van der Waals surface area contributed by atoms with Crippen LogP contribution in [-0.4, -0.2) is 54.9 Å². The Labute approximate surface area is 215 Å². The molecule has 1 aliphatic rings. The summed E-state index contributed by atoms with van der Waals surface area (Å²) in [5.41, 5.74) is 3.69. The van der Waals surface area contributed by atoms with Gasteiger partial charge in [0.2, 0.25) is 5.91 Å². The predicted octanol–water partition coefficient (Wildman–Crippen LogP) is 4.18. The molecule has 33 heavy (non-hydrogen) atoms. The molecule has 0 bridgehead atoms. The number of nitrogens with zero attached hydrogens (tertiary/aromatic N) is 3. The number of carbonyl (C=O) groups excluding carboxylic acids is 1. The lowest BCUT2D eigenvalue weighted by Gasteiger charge is -2.31. The van der Waals surface area contributed by atoms with Gasteiger partial charge in [-0.3, -0.25) is 14.7 Å². The maximum absolute atomic E-state index is 12.1. The molecule has 2 aromatic carbocycles. The minimum atomic E-state index is 0. The largest absolute Gasteiger partial charge is 0.354 e. The molecule has 0 aromatic heterocycles. The van der Waals surface area contributed by atoms with Crippen molar-refractivity contribution in [2.24, 2.45) is 4.99 Å². The zero-order valence-corrected chi connectivity index (χ0v) is 22.4. The fourth-order valence-electron chi connectivity index (χ4n) is 4.35. The topological polar surface area (TPSA) is 60.0 Å². The van der Waals surface area contributed by atoms with Crippen LogP contribution in [0.4, 0.5) is 0 Å². The second-order valence-electron chi connectivity index (χ2n) is 8.14. The first-order valence-electron chi connectivity index (χ1n) is 11.7. The lowest BCUT2D eigenvalue weighted by Crippen LogP contribution is -2.43. The molecule has 1 heterocycles. The number of aliphatic imine (C=N–C) groups is 1. The highest BCUT2D eigenvalue weighted by molar-refractivity contribution is 14.0. The molecule has 3 rings (SSSR count). The van der Waals surface area contributed by atoms with Gasteiger partial charge in [0.1, 0.15) is 0 Å². The summed E-state index contributed by atoms with van der Waals surface area (Å²) >= 11 is 0. The van der Waals surface area contributed by atoms with E-state index < -0.39 is 0 Å². The molecule has 0 aliphatic carbocycles. The number of rotatable bonds is 10. The molecule has 1 atom stereocenters. The summed E-state index contributed by atoms with van der Waals surface area (Å²) in [6, 6.07) is 19.2. The van der Waals surface area contributed by atoms with Crippen LogP contribution in [0.2, 0.25) is 0 Å². The molecule has 1 fully saturated rings. The maximum Gasteiger partial charge on any atom is 0.222 e. The number of likely N-dealkylation sites (tertiary alicyclic amines) is 1. The highest BCUT2D eigenvalue weighted by Crippen LogP contribution is 2.20. The fraction of sp³-hybridized carbons (Fsp3) is 0.462. The van der Waals surface area contributed by atoms with Crippen molar-refractivity contribution < 1.29 is 4.79 Å². The molecule has 1 saturated heterocycles. The van der Waals surface area contributed by atoms with Gasteiger partial charge in [0, 0.05) is 39.6 Å². The first-order valence-corrected chi connectivity index (χ1v) is 11.7. The van der Waals surface area contributed by atoms with Crippen molar-refractivity contribution in [2.45, 2.75) is 45.8 Å². The van der Waals surface area contributed by atoms with E-state index in [1.807, 2.05) is 17.0 Å². The van der Waals surface area contributed by atoms with Crippen molar-refractivity contribution in [1.29, 1.82) is 0 Å². The molecule has 0 saturated carbocycles. The number of nitrogens with one attached hydrogen (secondary N) is 2. The summed E-state index contributed by atoms with van der Waals surface area (Å²) in [6.07, 6.45) is 1.64. The van der Waals surface area contributed by atoms with E-state index in [4.69, 9.17) is 0 Å². The number of amides is 1. The third-order valence-electron chi connectivity index (χ3n) is 6.22. The zero-order chi connectivity index (χ0) is 22.8. The van der Waals surface area contributed by atoms with Gasteiger partial charge in [-0.1, -0.05) is 68.4 Å². The van der Waals surface area contributed by atoms with Crippen LogP contribution in [0, 0.1) is 0 Å². The number of hydrogen-bond acceptors (Lipinski definition) is 3. The molecular formula is C26H38IN5O. The Morgan fingerprint density at radius 2 is 1.70 bits per heavy atom. The molecular weight excluding hydrogens is 525 g/mol. The monoisotopic (exact) mass is 563 g/mol. The van der Waals surface area contributed by atoms with E-state index in [1.165, 1.54) is 16.7 Å². The number of carbonyl (C=O) groups is 1. The lowest BCUT2D eigenvalue weighted by atomic mass is 10.1. The summed E-state index contributed by atoms with van der Waals surface area (Å²) in [7, 11) is 1.80. The second-order valence-corrected chi connectivity index (χ2v) is 8.14. The van der Waals surface area contributed by atoms with Gasteiger partial charge in [0.05, 0.1) is 6.04 Å². The molecule has 0 spiro atoms. The van der Waals surface area contributed by atoms with Crippen molar-refractivity contribution in [1.82, 2.24) is 20.4 Å². The van der Waals surface area contributed by atoms with Crippen molar-refractivity contribution in [3.63, 3.8) is 0 Å². The summed E-state index contributed by atoms with van der Waals surface area (Å²) in [4.78, 5) is 20.9. The second kappa shape index (κ2) is 14.2. The summed E-state index contributed by atoms with van der Waals surface area (Å²) in [5, 5.41) is 6.98. The van der Waals surface area contributed by atoms with Gasteiger partial charge in [-0.2, -0.15) is 0 Å². The van der Waals surface area contributed by atoms with Crippen molar-refractivity contribution in [3.05, 3.63) is 71.3 Å². The van der Waals surface area contributed by atoms with Gasteiger partial charge in [-0.25, -0.2) is 0 Å². The average Bonchev–Trinajstić information content (AvgIpc) is 3.24. The first-order chi connectivity index (χ1) is 15.7. The highest BCUT2D eigenvalue weighted by atomic mass is 127. The first kappa shape index (κ1) is 27.1. The molecule has 6 nitrogen and oxygen atoms in total. The van der Waals surface area contributed by atoms with Crippen LogP contribution in [-0.2, 0) is 17.9 Å². The summed E-state index contributed by atoms with van der Waals surface area (Å²) in [5.74, 6) is 1.04. The van der Waals surface area contributed by atoms with E-state index in [9.17, 15) is 4.79 Å². The van der Waals surface area contributed by atoms with Crippen molar-refractivity contribution >= 4 is 35.8 Å². The van der Waals surface area contributed by atoms with Crippen LogP contribution in [0.5, 0.6) is 0 Å². The van der Waals surface area contributed by atoms with E-state index in [0.29, 0.717) is 19.5 Å². The molecule has 2 aromatic rings. The maximum atomic E-state index is 12.1. The quantitative estimate of drug-likeness (QED) is 0.259. The number of halogens is 1. The van der Waals surface area contributed by atoms with Crippen LogP contribution < -0.4 is 10.6 Å². The van der Waals surface area contributed by atoms with E-state index in [0.717, 1.165) is 38.6 Å². The minimum absolute atomic E-state index is 0. The number of guanidine groups is 1. The number of likely N-dealkylation sites (N-methyl/N-ethyl adjacent to an activating group) is 1. The van der Waals surface area contributed by atoms with E-state index in [-0.39, 0.29) is 35.9 Å². The predicted molar refractivity (Wildman–Crippen MR) is 147 cm³/mol. The Morgan fingerprint density at radius 1 is 1.03 bits per heavy atom. The van der Waals surface area contributed by atoms with Crippen LogP contribution in [0.15, 0.2) is 59.6 Å². The fourth-order valence-corrected chi connectivity index (χ4v) is 4.35. The lowest BCUT2D eigenvalue weighted by molar-refractivity contribution is -0.128. The number of benzene rings is 2. The van der Waals surface area contributed by atoms with Gasteiger partial charge >= 0.3 is 0 Å². The van der Waals surface area contributed by atoms with Gasteiger partial charge in [-0.15, -0.1) is 24.0 Å². The average molecular weight is 564 g/mol. The van der Waals surface area contributed by atoms with E-state index in [1.54, 1.807) is 7.05 Å². The smallest absolute Gasteiger partial charge is 0.222 e. The molecule has 1 amide bonds. The third-order valence-corrected chi connectivity index (χ3v) is 6.22. The van der Waals surface area contributed by atoms with Gasteiger partial charge in [0.25, 0.3) is 0 Å². The van der Waals surface area contributed by atoms with Crippen molar-refractivity contribution in [3.8, 4) is 0 Å². The van der Waals surface area contributed by atoms with E-state index >= 15 is 0 Å². The van der Waals surface area contributed by atoms with Crippen molar-refractivity contribution in [2.75, 3.05) is 33.2 Å². The Kier molecular flexibility index (Phi) is 11.7. The van der Waals surface area contributed by atoms with Crippen LogP contribution in [0.25, 0.3) is 0 Å². The Hall–Kier alpha value is -2.13. The van der Waals surface area contributed by atoms with E-state index in [2.05, 4.69) is 76.8 Å². The van der Waals surface area contributed by atoms with Gasteiger partial charge in [0.15, 0.2) is 5.96 Å². The van der Waals surface area contributed by atoms with Crippen LogP contribution >= 0.6 is 24.0 Å². The van der Waals surface area contributed by atoms with Gasteiger partial charge in [-0.05, 0) is 36.2 Å². The minimum Gasteiger partial charge on any atom is -0.354 e. The normalized spacial score (nSPS) is 14.8. The number of hydrogen-bond donors (Lipinski definition) is 2. The highest BCUT2D eigenvalue weighted by Gasteiger charge is 2.21. The molecule has 2 N–H and O–H groups in total. The molecule has 1 unspecified atom stereocenters. The van der Waals surface area contributed by atoms with Gasteiger partial charge < -0.3 is 15.5 Å². The molecule has 180 valence electrons. The summed E-state index contributed by atoms with van der Waals surface area (Å²) in [6.45, 7) is 9.37. The third kappa shape index (κ3) is 7.71. The Balaban J connectivity index is 0.00000385. The molecule has 0 radical (unpaired) electrons. The summed E-state index contributed by atoms with van der Waals surface area (Å²) < 4.78 is 0. The molecule has 1 aliphatic heterocycles. The van der Waals surface area contributed by atoms with Crippen LogP contribution in [0.1, 0.15) is 49.4 Å². The van der Waals surface area contributed by atoms with Crippen LogP contribution in [0.3, 0.4) is 0 Å². The Bertz CT molecular complexity index is 885. The Morgan fingerprint density at radius 3 is 2.30 bits per heavy atom. The standard InChI is InChI=1S/C26H37N5O.HI/c1-4-30(5-2)24(21-12-7-6-8-13-21)19-29-26(27-3)28-18-22-14-9-10-15-23(22)20-31-17-11-16-25(31)32;/h6-10,12-15,24H,4-5,11,16-20H2,1-3H3,(H2,27,28,29);1H. The zero-order valence-electron chi connectivity index (χ0n) is 20.1.